The zero-order valence-corrected chi connectivity index (χ0v) is 20.5. The van der Waals surface area contributed by atoms with Crippen LogP contribution in [0.2, 0.25) is 0 Å². The van der Waals surface area contributed by atoms with Gasteiger partial charge in [-0.15, -0.1) is 16.4 Å². The molecular formula is C24H40N4OS. The second-order valence-electron chi connectivity index (χ2n) is 6.66. The molecule has 0 unspecified atom stereocenters. The molecule has 0 bridgehead atoms. The number of nitrogens with zero attached hydrogens (tertiary/aromatic N) is 1. The first kappa shape index (κ1) is 27.7. The van der Waals surface area contributed by atoms with Crippen molar-refractivity contribution in [1.29, 1.82) is 0 Å². The Balaban J connectivity index is 0.00000105. The highest BCUT2D eigenvalue weighted by molar-refractivity contribution is 7.15. The predicted octanol–water partition coefficient (Wildman–Crippen LogP) is 6.33. The number of unbranched alkanes of at least 4 members (excludes halogenated alkanes) is 2. The first-order valence-corrected chi connectivity index (χ1v) is 11.6. The molecule has 0 fully saturated rings. The number of benzene rings is 1. The van der Waals surface area contributed by atoms with E-state index in [-0.39, 0.29) is 5.75 Å². The molecule has 1 aromatic carbocycles. The first-order chi connectivity index (χ1) is 14.4. The van der Waals surface area contributed by atoms with Crippen LogP contribution in [-0.4, -0.2) is 10.9 Å². The van der Waals surface area contributed by atoms with E-state index in [1.807, 2.05) is 39.8 Å². The van der Waals surface area contributed by atoms with Gasteiger partial charge in [0.1, 0.15) is 5.75 Å². The Hall–Kier alpha value is -2.31. The van der Waals surface area contributed by atoms with Gasteiger partial charge in [-0.1, -0.05) is 59.9 Å². The van der Waals surface area contributed by atoms with Gasteiger partial charge in [0, 0.05) is 4.88 Å². The summed E-state index contributed by atoms with van der Waals surface area (Å²) in [7, 11) is 0. The van der Waals surface area contributed by atoms with Crippen LogP contribution in [0.1, 0.15) is 86.7 Å². The molecule has 0 saturated heterocycles. The van der Waals surface area contributed by atoms with Crippen molar-refractivity contribution < 1.29 is 5.11 Å². The molecule has 0 aliphatic heterocycles. The minimum Gasteiger partial charge on any atom is -0.508 e. The summed E-state index contributed by atoms with van der Waals surface area (Å²) in [5.41, 5.74) is 12.6. The molecule has 6 heteroatoms. The highest BCUT2D eigenvalue weighted by Crippen LogP contribution is 2.31. The van der Waals surface area contributed by atoms with Gasteiger partial charge in [0.15, 0.2) is 5.84 Å². The Kier molecular flexibility index (Phi) is 14.3. The molecule has 2 rings (SSSR count). The van der Waals surface area contributed by atoms with Crippen molar-refractivity contribution in [3.05, 3.63) is 50.7 Å². The van der Waals surface area contributed by atoms with E-state index in [1.165, 1.54) is 24.8 Å². The van der Waals surface area contributed by atoms with E-state index in [0.717, 1.165) is 32.9 Å². The number of thiophene rings is 1. The molecule has 0 saturated carbocycles. The third-order valence-electron chi connectivity index (χ3n) is 4.34. The second-order valence-corrected chi connectivity index (χ2v) is 7.74. The molecular weight excluding hydrogens is 392 g/mol. The standard InChI is InChI=1S/C17H22N4OS.C5H12.C2H6/c1-4-12(14-6-5-13(22)7-10(14)2)9-15-11(3)8-16(23-15)17(18)20-21-19;1-3-5-4-2;1-2/h5-9,21-22H,4,19H2,1-3H3,(H2,18,20);3-5H2,1-2H3;1-2H3/b12-9+;;. The summed E-state index contributed by atoms with van der Waals surface area (Å²) in [5, 5.41) is 13.4. The van der Waals surface area contributed by atoms with Crippen molar-refractivity contribution in [2.75, 3.05) is 0 Å². The van der Waals surface area contributed by atoms with Crippen molar-refractivity contribution in [2.45, 2.75) is 74.1 Å². The van der Waals surface area contributed by atoms with Crippen LogP contribution in [0.4, 0.5) is 0 Å². The minimum absolute atomic E-state index is 0.287. The van der Waals surface area contributed by atoms with Crippen LogP contribution in [0, 0.1) is 13.8 Å². The summed E-state index contributed by atoms with van der Waals surface area (Å²) in [6.45, 7) is 14.6. The topological polar surface area (TPSA) is 96.7 Å². The maximum Gasteiger partial charge on any atom is 0.162 e. The third kappa shape index (κ3) is 9.01. The van der Waals surface area contributed by atoms with Crippen molar-refractivity contribution in [2.24, 2.45) is 16.7 Å². The number of nitrogens with one attached hydrogen (secondary N) is 1. The van der Waals surface area contributed by atoms with Crippen LogP contribution < -0.4 is 17.1 Å². The Labute approximate surface area is 186 Å². The quantitative estimate of drug-likeness (QED) is 0.178. The predicted molar refractivity (Wildman–Crippen MR) is 135 cm³/mol. The number of phenols is 1. The van der Waals surface area contributed by atoms with Crippen molar-refractivity contribution in [1.82, 2.24) is 5.53 Å². The number of hydrazone groups is 1. The lowest BCUT2D eigenvalue weighted by Crippen LogP contribution is -2.22. The molecule has 2 aromatic rings. The zero-order valence-electron chi connectivity index (χ0n) is 19.7. The summed E-state index contributed by atoms with van der Waals surface area (Å²) in [5.74, 6) is 5.83. The van der Waals surface area contributed by atoms with E-state index >= 15 is 0 Å². The number of hydrogen-bond acceptors (Lipinski definition) is 5. The normalized spacial score (nSPS) is 11.2. The smallest absolute Gasteiger partial charge is 0.162 e. The molecule has 0 spiro atoms. The van der Waals surface area contributed by atoms with Crippen LogP contribution in [0.15, 0.2) is 29.4 Å². The number of aryl methyl sites for hydroxylation is 2. The number of rotatable bonds is 7. The monoisotopic (exact) mass is 432 g/mol. The van der Waals surface area contributed by atoms with E-state index in [0.29, 0.717) is 5.84 Å². The highest BCUT2D eigenvalue weighted by atomic mass is 32.1. The molecule has 1 aromatic heterocycles. The van der Waals surface area contributed by atoms with Gasteiger partial charge in [-0.3, -0.25) is 0 Å². The molecule has 0 atom stereocenters. The van der Waals surface area contributed by atoms with Crippen LogP contribution in [0.5, 0.6) is 5.75 Å². The molecule has 1 heterocycles. The van der Waals surface area contributed by atoms with E-state index < -0.39 is 0 Å². The van der Waals surface area contributed by atoms with Crippen molar-refractivity contribution >= 4 is 28.8 Å². The first-order valence-electron chi connectivity index (χ1n) is 10.8. The number of nitrogens with two attached hydrogens (primary N) is 2. The van der Waals surface area contributed by atoms with E-state index in [2.05, 4.69) is 37.5 Å². The summed E-state index contributed by atoms with van der Waals surface area (Å²) < 4.78 is 0. The van der Waals surface area contributed by atoms with Crippen LogP contribution in [0.3, 0.4) is 0 Å². The van der Waals surface area contributed by atoms with Gasteiger partial charge in [0.2, 0.25) is 0 Å². The molecule has 0 aliphatic rings. The highest BCUT2D eigenvalue weighted by Gasteiger charge is 2.10. The van der Waals surface area contributed by atoms with Gasteiger partial charge in [0.05, 0.1) is 4.88 Å². The number of aromatic hydroxyl groups is 1. The molecule has 0 amide bonds. The van der Waals surface area contributed by atoms with Gasteiger partial charge in [0.25, 0.3) is 0 Å². The van der Waals surface area contributed by atoms with Crippen molar-refractivity contribution in [3.8, 4) is 5.75 Å². The van der Waals surface area contributed by atoms with E-state index in [4.69, 9.17) is 11.6 Å². The molecule has 0 radical (unpaired) electrons. The molecule has 0 aliphatic carbocycles. The van der Waals surface area contributed by atoms with Gasteiger partial charge >= 0.3 is 0 Å². The van der Waals surface area contributed by atoms with Crippen LogP contribution >= 0.6 is 11.3 Å². The van der Waals surface area contributed by atoms with Gasteiger partial charge in [-0.25, -0.2) is 11.4 Å². The zero-order chi connectivity index (χ0) is 23.1. The minimum atomic E-state index is 0.287. The maximum atomic E-state index is 9.58. The largest absolute Gasteiger partial charge is 0.508 e. The van der Waals surface area contributed by atoms with Gasteiger partial charge < -0.3 is 10.8 Å². The molecule has 30 heavy (non-hydrogen) atoms. The van der Waals surface area contributed by atoms with Gasteiger partial charge in [-0.05, 0) is 66.8 Å². The summed E-state index contributed by atoms with van der Waals surface area (Å²) in [6, 6.07) is 7.46. The fraction of sp³-hybridized carbons (Fsp3) is 0.458. The van der Waals surface area contributed by atoms with Gasteiger partial charge in [-0.2, -0.15) is 0 Å². The molecule has 168 valence electrons. The Bertz CT molecular complexity index is 808. The number of phenolic OH excluding ortho intramolecular Hbond substituents is 1. The number of hydrazine groups is 1. The summed E-state index contributed by atoms with van der Waals surface area (Å²) >= 11 is 1.58. The second kappa shape index (κ2) is 15.5. The third-order valence-corrected chi connectivity index (χ3v) is 5.55. The molecule has 5 nitrogen and oxygen atoms in total. The summed E-state index contributed by atoms with van der Waals surface area (Å²) in [6.07, 6.45) is 7.14. The van der Waals surface area contributed by atoms with Crippen LogP contribution in [0.25, 0.3) is 11.6 Å². The number of hydrogen-bond donors (Lipinski definition) is 4. The maximum absolute atomic E-state index is 9.58. The van der Waals surface area contributed by atoms with Crippen molar-refractivity contribution in [3.63, 3.8) is 0 Å². The number of allylic oxidation sites excluding steroid dienone is 1. The lowest BCUT2D eigenvalue weighted by Gasteiger charge is -2.09. The lowest BCUT2D eigenvalue weighted by molar-refractivity contribution is 0.475. The SMILES string of the molecule is CC.CC/C(=C\c1sc(/C(N)=N/NN)cc1C)c1ccc(O)cc1C.CCCCC. The average molecular weight is 433 g/mol. The fourth-order valence-corrected chi connectivity index (χ4v) is 3.82. The summed E-state index contributed by atoms with van der Waals surface area (Å²) in [4.78, 5) is 2.02. The van der Waals surface area contributed by atoms with E-state index in [9.17, 15) is 5.11 Å². The Morgan fingerprint density at radius 2 is 1.73 bits per heavy atom. The average Bonchev–Trinajstić information content (AvgIpc) is 3.10. The Morgan fingerprint density at radius 1 is 1.10 bits per heavy atom. The Morgan fingerprint density at radius 3 is 2.20 bits per heavy atom. The van der Waals surface area contributed by atoms with E-state index in [1.54, 1.807) is 23.5 Å². The number of amidine groups is 1. The molecule has 6 N–H and O–H groups in total. The van der Waals surface area contributed by atoms with Crippen LogP contribution in [-0.2, 0) is 0 Å². The lowest BCUT2D eigenvalue weighted by atomic mass is 9.97. The fourth-order valence-electron chi connectivity index (χ4n) is 2.78.